The van der Waals surface area contributed by atoms with Crippen molar-refractivity contribution in [1.82, 2.24) is 9.78 Å². The molecule has 0 radical (unpaired) electrons. The van der Waals surface area contributed by atoms with Crippen molar-refractivity contribution in [2.45, 2.75) is 78.3 Å². The molecule has 0 bridgehead atoms. The molecule has 3 nitrogen and oxygen atoms in total. The third-order valence-corrected chi connectivity index (χ3v) is 3.52. The molecule has 0 fully saturated rings. The summed E-state index contributed by atoms with van der Waals surface area (Å²) in [5, 5.41) is 4.56. The summed E-state index contributed by atoms with van der Waals surface area (Å²) in [6.45, 7) is 7.43. The Morgan fingerprint density at radius 2 is 1.89 bits per heavy atom. The first-order chi connectivity index (χ1) is 8.72. The number of hydrogen-bond donors (Lipinski definition) is 1. The Morgan fingerprint density at radius 1 is 1.17 bits per heavy atom. The van der Waals surface area contributed by atoms with Crippen molar-refractivity contribution in [3.8, 4) is 0 Å². The number of nitrogens with zero attached hydrogens (tertiary/aromatic N) is 2. The van der Waals surface area contributed by atoms with E-state index in [2.05, 4.69) is 36.6 Å². The van der Waals surface area contributed by atoms with Crippen LogP contribution in [0.4, 0.5) is 0 Å². The highest BCUT2D eigenvalue weighted by molar-refractivity contribution is 5.14. The molecule has 1 heterocycles. The van der Waals surface area contributed by atoms with Gasteiger partial charge in [-0.25, -0.2) is 0 Å². The van der Waals surface area contributed by atoms with Crippen molar-refractivity contribution < 1.29 is 0 Å². The monoisotopic (exact) mass is 251 g/mol. The Balaban J connectivity index is 2.44. The maximum atomic E-state index is 6.29. The van der Waals surface area contributed by atoms with Crippen LogP contribution in [0.1, 0.15) is 76.7 Å². The molecule has 1 rings (SSSR count). The van der Waals surface area contributed by atoms with Gasteiger partial charge in [-0.15, -0.1) is 0 Å². The third kappa shape index (κ3) is 4.45. The molecule has 1 atom stereocenters. The molecule has 0 spiro atoms. The van der Waals surface area contributed by atoms with E-state index in [9.17, 15) is 0 Å². The summed E-state index contributed by atoms with van der Waals surface area (Å²) in [5.41, 5.74) is 8.67. The maximum absolute atomic E-state index is 6.29. The number of aryl methyl sites for hydroxylation is 2. The van der Waals surface area contributed by atoms with Gasteiger partial charge in [-0.05, 0) is 25.8 Å². The van der Waals surface area contributed by atoms with E-state index in [1.54, 1.807) is 0 Å². The van der Waals surface area contributed by atoms with Gasteiger partial charge in [-0.3, -0.25) is 4.68 Å². The Morgan fingerprint density at radius 3 is 2.50 bits per heavy atom. The van der Waals surface area contributed by atoms with E-state index < -0.39 is 0 Å². The van der Waals surface area contributed by atoms with E-state index in [-0.39, 0.29) is 6.04 Å². The fourth-order valence-corrected chi connectivity index (χ4v) is 2.33. The Kier molecular flexibility index (Phi) is 7.02. The first-order valence-corrected chi connectivity index (χ1v) is 7.55. The van der Waals surface area contributed by atoms with Crippen LogP contribution < -0.4 is 5.73 Å². The van der Waals surface area contributed by atoms with Gasteiger partial charge in [0.25, 0.3) is 0 Å². The lowest BCUT2D eigenvalue weighted by Gasteiger charge is -2.13. The van der Waals surface area contributed by atoms with Crippen LogP contribution in [0.2, 0.25) is 0 Å². The first-order valence-electron chi connectivity index (χ1n) is 7.55. The Hall–Kier alpha value is -0.830. The summed E-state index contributed by atoms with van der Waals surface area (Å²) in [5.74, 6) is 0. The number of rotatable bonds is 9. The number of hydrogen-bond acceptors (Lipinski definition) is 2. The normalized spacial score (nSPS) is 12.9. The smallest absolute Gasteiger partial charge is 0.0625 e. The quantitative estimate of drug-likeness (QED) is 0.678. The van der Waals surface area contributed by atoms with Crippen molar-refractivity contribution in [2.75, 3.05) is 0 Å². The van der Waals surface area contributed by atoms with E-state index in [0.717, 1.165) is 25.1 Å². The standard InChI is InChI=1S/C15H29N3/c1-4-7-8-9-10-11-14(16)15-12-13(5-2)17-18(15)6-3/h12,14H,4-11,16H2,1-3H3. The summed E-state index contributed by atoms with van der Waals surface area (Å²) in [7, 11) is 0. The molecule has 0 saturated carbocycles. The van der Waals surface area contributed by atoms with Gasteiger partial charge >= 0.3 is 0 Å². The predicted molar refractivity (Wildman–Crippen MR) is 77.6 cm³/mol. The SMILES string of the molecule is CCCCCCCC(N)c1cc(CC)nn1CC. The highest BCUT2D eigenvalue weighted by atomic mass is 15.3. The predicted octanol–water partition coefficient (Wildman–Crippen LogP) is 3.83. The molecule has 3 heteroatoms. The Labute approximate surface area is 112 Å². The highest BCUT2D eigenvalue weighted by Gasteiger charge is 2.13. The minimum Gasteiger partial charge on any atom is -0.323 e. The number of aromatic nitrogens is 2. The molecule has 18 heavy (non-hydrogen) atoms. The van der Waals surface area contributed by atoms with Gasteiger partial charge in [0.2, 0.25) is 0 Å². The molecule has 2 N–H and O–H groups in total. The average Bonchev–Trinajstić information content (AvgIpc) is 2.81. The lowest BCUT2D eigenvalue weighted by molar-refractivity contribution is 0.511. The van der Waals surface area contributed by atoms with Gasteiger partial charge in [0.1, 0.15) is 0 Å². The fraction of sp³-hybridized carbons (Fsp3) is 0.800. The van der Waals surface area contributed by atoms with Crippen LogP contribution in [0.15, 0.2) is 6.07 Å². The van der Waals surface area contributed by atoms with Gasteiger partial charge in [0.05, 0.1) is 11.4 Å². The van der Waals surface area contributed by atoms with E-state index >= 15 is 0 Å². The van der Waals surface area contributed by atoms with Crippen LogP contribution in [0.25, 0.3) is 0 Å². The molecule has 0 saturated heterocycles. The first kappa shape index (κ1) is 15.2. The number of unbranched alkanes of at least 4 members (excludes halogenated alkanes) is 4. The average molecular weight is 251 g/mol. The second-order valence-corrected chi connectivity index (χ2v) is 5.04. The zero-order valence-electron chi connectivity index (χ0n) is 12.3. The molecule has 0 aromatic carbocycles. The van der Waals surface area contributed by atoms with Crippen molar-refractivity contribution in [3.05, 3.63) is 17.5 Å². The van der Waals surface area contributed by atoms with Crippen LogP contribution in [0, 0.1) is 0 Å². The molecule has 1 aromatic rings. The molecule has 0 amide bonds. The van der Waals surface area contributed by atoms with Crippen LogP contribution in [-0.4, -0.2) is 9.78 Å². The largest absolute Gasteiger partial charge is 0.323 e. The molecule has 0 aliphatic heterocycles. The minimum absolute atomic E-state index is 0.152. The topological polar surface area (TPSA) is 43.8 Å². The molecular weight excluding hydrogens is 222 g/mol. The molecule has 1 unspecified atom stereocenters. The lowest BCUT2D eigenvalue weighted by Crippen LogP contribution is -2.15. The molecule has 104 valence electrons. The summed E-state index contributed by atoms with van der Waals surface area (Å²) >= 11 is 0. The highest BCUT2D eigenvalue weighted by Crippen LogP contribution is 2.19. The second-order valence-electron chi connectivity index (χ2n) is 5.04. The van der Waals surface area contributed by atoms with E-state index in [1.165, 1.54) is 37.8 Å². The molecule has 0 aliphatic rings. The fourth-order valence-electron chi connectivity index (χ4n) is 2.33. The minimum atomic E-state index is 0.152. The van der Waals surface area contributed by atoms with Crippen molar-refractivity contribution in [2.24, 2.45) is 5.73 Å². The van der Waals surface area contributed by atoms with Crippen LogP contribution in [0.5, 0.6) is 0 Å². The summed E-state index contributed by atoms with van der Waals surface area (Å²) in [4.78, 5) is 0. The van der Waals surface area contributed by atoms with E-state index in [1.807, 2.05) is 0 Å². The van der Waals surface area contributed by atoms with Gasteiger partial charge in [0, 0.05) is 12.6 Å². The Bertz CT molecular complexity index is 330. The van der Waals surface area contributed by atoms with Crippen molar-refractivity contribution >= 4 is 0 Å². The third-order valence-electron chi connectivity index (χ3n) is 3.52. The van der Waals surface area contributed by atoms with Gasteiger partial charge in [-0.1, -0.05) is 46.0 Å². The summed E-state index contributed by atoms with van der Waals surface area (Å²) in [6.07, 6.45) is 8.61. The van der Waals surface area contributed by atoms with Crippen molar-refractivity contribution in [1.29, 1.82) is 0 Å². The van der Waals surface area contributed by atoms with Crippen molar-refractivity contribution in [3.63, 3.8) is 0 Å². The van der Waals surface area contributed by atoms with E-state index in [0.29, 0.717) is 0 Å². The van der Waals surface area contributed by atoms with Crippen LogP contribution in [-0.2, 0) is 13.0 Å². The lowest BCUT2D eigenvalue weighted by atomic mass is 10.0. The molecule has 1 aromatic heterocycles. The zero-order chi connectivity index (χ0) is 13.4. The zero-order valence-corrected chi connectivity index (χ0v) is 12.3. The summed E-state index contributed by atoms with van der Waals surface area (Å²) in [6, 6.07) is 2.33. The van der Waals surface area contributed by atoms with Crippen LogP contribution >= 0.6 is 0 Å². The second kappa shape index (κ2) is 8.30. The molecule has 0 aliphatic carbocycles. The molecular formula is C15H29N3. The van der Waals surface area contributed by atoms with Crippen LogP contribution in [0.3, 0.4) is 0 Å². The van der Waals surface area contributed by atoms with Gasteiger partial charge in [-0.2, -0.15) is 5.10 Å². The number of nitrogens with two attached hydrogens (primary N) is 1. The summed E-state index contributed by atoms with van der Waals surface area (Å²) < 4.78 is 2.07. The van der Waals surface area contributed by atoms with E-state index in [4.69, 9.17) is 5.73 Å². The van der Waals surface area contributed by atoms with Gasteiger partial charge in [0.15, 0.2) is 0 Å². The van der Waals surface area contributed by atoms with Gasteiger partial charge < -0.3 is 5.73 Å². The maximum Gasteiger partial charge on any atom is 0.0625 e.